The number of hydrogen-bond acceptors (Lipinski definition) is 4. The Balaban J connectivity index is 2.15. The van der Waals surface area contributed by atoms with Crippen LogP contribution in [-0.2, 0) is 9.63 Å². The Labute approximate surface area is 117 Å². The van der Waals surface area contributed by atoms with Gasteiger partial charge in [0.2, 0.25) is 0 Å². The summed E-state index contributed by atoms with van der Waals surface area (Å²) < 4.78 is 0. The van der Waals surface area contributed by atoms with E-state index in [2.05, 4.69) is 5.16 Å². The predicted octanol–water partition coefficient (Wildman–Crippen LogP) is 2.98. The number of benzene rings is 1. The summed E-state index contributed by atoms with van der Waals surface area (Å²) in [7, 11) is 0. The largest absolute Gasteiger partial charge is 0.365 e. The maximum absolute atomic E-state index is 11.8. The van der Waals surface area contributed by atoms with E-state index in [-0.39, 0.29) is 5.78 Å². The quantitative estimate of drug-likeness (QED) is 0.471. The van der Waals surface area contributed by atoms with Gasteiger partial charge in [-0.1, -0.05) is 22.9 Å². The van der Waals surface area contributed by atoms with E-state index in [1.165, 1.54) is 12.2 Å². The lowest BCUT2D eigenvalue weighted by Gasteiger charge is -2.10. The van der Waals surface area contributed by atoms with Crippen molar-refractivity contribution in [2.24, 2.45) is 5.16 Å². The molecule has 0 saturated heterocycles. The smallest absolute Gasteiger partial charge is 0.312 e. The molecule has 0 atom stereocenters. The lowest BCUT2D eigenvalue weighted by Crippen LogP contribution is -2.13. The molecule has 4 nitrogen and oxygen atoms in total. The molecule has 0 amide bonds. The van der Waals surface area contributed by atoms with Crippen molar-refractivity contribution in [3.05, 3.63) is 58.7 Å². The highest BCUT2D eigenvalue weighted by atomic mass is 16.7. The van der Waals surface area contributed by atoms with Crippen molar-refractivity contribution in [3.8, 4) is 0 Å². The van der Waals surface area contributed by atoms with Crippen LogP contribution in [0.3, 0.4) is 0 Å². The number of hydrogen-bond donors (Lipinski definition) is 0. The van der Waals surface area contributed by atoms with E-state index in [1.807, 2.05) is 19.1 Å². The summed E-state index contributed by atoms with van der Waals surface area (Å²) in [6, 6.07) is 7.04. The molecule has 2 rings (SSSR count). The molecule has 0 heterocycles. The van der Waals surface area contributed by atoms with Gasteiger partial charge in [0.25, 0.3) is 0 Å². The van der Waals surface area contributed by atoms with Crippen molar-refractivity contribution in [1.82, 2.24) is 0 Å². The van der Waals surface area contributed by atoms with Crippen molar-refractivity contribution in [2.75, 3.05) is 0 Å². The summed E-state index contributed by atoms with van der Waals surface area (Å²) in [5, 5.41) is 3.86. The van der Waals surface area contributed by atoms with Gasteiger partial charge in [-0.2, -0.15) is 0 Å². The first-order valence-electron chi connectivity index (χ1n) is 6.24. The monoisotopic (exact) mass is 269 g/mol. The number of allylic oxidation sites excluding steroid dienone is 4. The van der Waals surface area contributed by atoms with E-state index < -0.39 is 5.97 Å². The van der Waals surface area contributed by atoms with Crippen molar-refractivity contribution in [1.29, 1.82) is 0 Å². The van der Waals surface area contributed by atoms with Gasteiger partial charge in [0, 0.05) is 0 Å². The number of aryl methyl sites for hydroxylation is 1. The Morgan fingerprint density at radius 2 is 1.55 bits per heavy atom. The molecule has 1 aromatic carbocycles. The molecule has 0 N–H and O–H groups in total. The first kappa shape index (κ1) is 13.9. The summed E-state index contributed by atoms with van der Waals surface area (Å²) in [5.74, 6) is -0.598. The summed E-state index contributed by atoms with van der Waals surface area (Å²) in [4.78, 5) is 28.1. The maximum atomic E-state index is 11.8. The zero-order valence-corrected chi connectivity index (χ0v) is 11.6. The van der Waals surface area contributed by atoms with Crippen LogP contribution in [0.2, 0.25) is 0 Å². The number of nitrogens with zero attached hydrogens (tertiary/aromatic N) is 1. The average Bonchev–Trinajstić information content (AvgIpc) is 2.38. The van der Waals surface area contributed by atoms with E-state index in [1.54, 1.807) is 26.0 Å². The van der Waals surface area contributed by atoms with Crippen LogP contribution in [0.4, 0.5) is 0 Å². The maximum Gasteiger partial charge on any atom is 0.365 e. The van der Waals surface area contributed by atoms with Crippen LogP contribution in [0, 0.1) is 6.92 Å². The molecule has 20 heavy (non-hydrogen) atoms. The van der Waals surface area contributed by atoms with Crippen LogP contribution < -0.4 is 0 Å². The van der Waals surface area contributed by atoms with Crippen molar-refractivity contribution >= 4 is 17.5 Å². The van der Waals surface area contributed by atoms with Crippen LogP contribution >= 0.6 is 0 Å². The van der Waals surface area contributed by atoms with Crippen LogP contribution in [0.15, 0.2) is 52.7 Å². The summed E-state index contributed by atoms with van der Waals surface area (Å²) in [6.07, 6.45) is 2.93. The zero-order valence-electron chi connectivity index (χ0n) is 11.6. The SMILES string of the molecule is CC1=CC(=O)C=C(C)C1=NOC(=O)c1ccc(C)cc1. The lowest BCUT2D eigenvalue weighted by atomic mass is 9.98. The van der Waals surface area contributed by atoms with Crippen LogP contribution in [-0.4, -0.2) is 17.5 Å². The molecule has 0 aromatic heterocycles. The first-order chi connectivity index (χ1) is 9.47. The summed E-state index contributed by atoms with van der Waals surface area (Å²) >= 11 is 0. The second-order valence-corrected chi connectivity index (χ2v) is 4.74. The standard InChI is InChI=1S/C16H15NO3/c1-10-4-6-13(7-5-10)16(19)20-17-15-11(2)8-14(18)9-12(15)3/h4-9H,1-3H3. The molecular formula is C16H15NO3. The minimum absolute atomic E-state index is 0.0798. The third kappa shape index (κ3) is 3.09. The van der Waals surface area contributed by atoms with Gasteiger partial charge in [-0.05, 0) is 56.2 Å². The molecule has 0 spiro atoms. The molecule has 0 aliphatic heterocycles. The number of rotatable bonds is 2. The van der Waals surface area contributed by atoms with Crippen molar-refractivity contribution in [2.45, 2.75) is 20.8 Å². The van der Waals surface area contributed by atoms with E-state index in [4.69, 9.17) is 4.84 Å². The summed E-state index contributed by atoms with van der Waals surface area (Å²) in [6.45, 7) is 5.45. The third-order valence-electron chi connectivity index (χ3n) is 2.97. The van der Waals surface area contributed by atoms with Gasteiger partial charge in [0.05, 0.1) is 5.56 Å². The Bertz CT molecular complexity index is 625. The highest BCUT2D eigenvalue weighted by molar-refractivity contribution is 6.22. The molecule has 1 aliphatic carbocycles. The topological polar surface area (TPSA) is 55.7 Å². The number of oxime groups is 1. The second-order valence-electron chi connectivity index (χ2n) is 4.74. The molecule has 1 aliphatic rings. The normalized spacial score (nSPS) is 14.6. The molecule has 0 bridgehead atoms. The predicted molar refractivity (Wildman–Crippen MR) is 76.6 cm³/mol. The Kier molecular flexibility index (Phi) is 3.94. The van der Waals surface area contributed by atoms with Crippen LogP contribution in [0.1, 0.15) is 29.8 Å². The van der Waals surface area contributed by atoms with Crippen LogP contribution in [0.25, 0.3) is 0 Å². The van der Waals surface area contributed by atoms with Crippen LogP contribution in [0.5, 0.6) is 0 Å². The third-order valence-corrected chi connectivity index (χ3v) is 2.97. The fraction of sp³-hybridized carbons (Fsp3) is 0.188. The van der Waals surface area contributed by atoms with Gasteiger partial charge >= 0.3 is 5.97 Å². The van der Waals surface area contributed by atoms with E-state index in [0.29, 0.717) is 22.4 Å². The van der Waals surface area contributed by atoms with Gasteiger partial charge in [-0.3, -0.25) is 4.79 Å². The molecule has 1 aromatic rings. The summed E-state index contributed by atoms with van der Waals surface area (Å²) in [5.41, 5.74) is 3.40. The zero-order chi connectivity index (χ0) is 14.7. The fourth-order valence-corrected chi connectivity index (χ4v) is 1.89. The second kappa shape index (κ2) is 5.65. The lowest BCUT2D eigenvalue weighted by molar-refractivity contribution is -0.110. The van der Waals surface area contributed by atoms with Gasteiger partial charge in [0.1, 0.15) is 5.71 Å². The molecule has 102 valence electrons. The molecule has 0 fully saturated rings. The molecule has 0 unspecified atom stereocenters. The van der Waals surface area contributed by atoms with E-state index >= 15 is 0 Å². The molecular weight excluding hydrogens is 254 g/mol. The van der Waals surface area contributed by atoms with Crippen molar-refractivity contribution in [3.63, 3.8) is 0 Å². The molecule has 4 heteroatoms. The minimum Gasteiger partial charge on any atom is -0.312 e. The first-order valence-corrected chi connectivity index (χ1v) is 6.24. The van der Waals surface area contributed by atoms with E-state index in [0.717, 1.165) is 5.56 Å². The number of carbonyl (C=O) groups excluding carboxylic acids is 2. The highest BCUT2D eigenvalue weighted by Crippen LogP contribution is 2.14. The van der Waals surface area contributed by atoms with Gasteiger partial charge in [-0.25, -0.2) is 4.79 Å². The minimum atomic E-state index is -0.519. The molecule has 0 saturated carbocycles. The highest BCUT2D eigenvalue weighted by Gasteiger charge is 2.15. The Hall–Kier alpha value is -2.49. The van der Waals surface area contributed by atoms with Gasteiger partial charge < -0.3 is 4.84 Å². The Morgan fingerprint density at radius 1 is 1.00 bits per heavy atom. The number of carbonyl (C=O) groups is 2. The number of ketones is 1. The fourth-order valence-electron chi connectivity index (χ4n) is 1.89. The van der Waals surface area contributed by atoms with Crippen molar-refractivity contribution < 1.29 is 14.4 Å². The van der Waals surface area contributed by atoms with Gasteiger partial charge in [-0.15, -0.1) is 0 Å². The van der Waals surface area contributed by atoms with Gasteiger partial charge in [0.15, 0.2) is 5.78 Å². The average molecular weight is 269 g/mol. The Morgan fingerprint density at radius 3 is 2.10 bits per heavy atom. The van der Waals surface area contributed by atoms with E-state index in [9.17, 15) is 9.59 Å². The molecule has 0 radical (unpaired) electrons.